The second kappa shape index (κ2) is 11.9. The first-order chi connectivity index (χ1) is 14.6. The average molecular weight is 415 g/mol. The highest BCUT2D eigenvalue weighted by Gasteiger charge is 2.18. The number of methoxy groups -OCH3 is 1. The molecule has 1 aliphatic heterocycles. The van der Waals surface area contributed by atoms with Gasteiger partial charge in [0.05, 0.1) is 7.11 Å². The number of β-amino-alcohol motifs (C(OH)–C–C–N with tert-alkyl or cyclic N) is 1. The second-order valence-electron chi connectivity index (χ2n) is 7.82. The molecular formula is C23H34N4O3. The molecule has 30 heavy (non-hydrogen) atoms. The minimum atomic E-state index is -0.521. The number of aliphatic hydroxyl groups is 1. The molecule has 1 fully saturated rings. The zero-order chi connectivity index (χ0) is 21.2. The van der Waals surface area contributed by atoms with Gasteiger partial charge in [-0.3, -0.25) is 9.88 Å². The maximum absolute atomic E-state index is 10.5. The van der Waals surface area contributed by atoms with Crippen molar-refractivity contribution < 1.29 is 14.6 Å². The molecule has 1 saturated heterocycles. The van der Waals surface area contributed by atoms with Crippen LogP contribution in [-0.4, -0.2) is 86.0 Å². The summed E-state index contributed by atoms with van der Waals surface area (Å²) in [5.41, 5.74) is 2.31. The summed E-state index contributed by atoms with van der Waals surface area (Å²) in [4.78, 5) is 8.65. The first-order valence-electron chi connectivity index (χ1n) is 10.6. The van der Waals surface area contributed by atoms with E-state index in [-0.39, 0.29) is 6.61 Å². The predicted molar refractivity (Wildman–Crippen MR) is 118 cm³/mol. The normalized spacial score (nSPS) is 16.4. The van der Waals surface area contributed by atoms with E-state index in [1.165, 1.54) is 5.56 Å². The van der Waals surface area contributed by atoms with Gasteiger partial charge in [0.2, 0.25) is 0 Å². The highest BCUT2D eigenvalue weighted by Crippen LogP contribution is 2.25. The molecule has 0 aliphatic carbocycles. The van der Waals surface area contributed by atoms with Gasteiger partial charge in [-0.2, -0.15) is 0 Å². The fourth-order valence-corrected chi connectivity index (χ4v) is 3.51. The van der Waals surface area contributed by atoms with Crippen LogP contribution >= 0.6 is 0 Å². The van der Waals surface area contributed by atoms with Crippen LogP contribution in [0.2, 0.25) is 0 Å². The van der Waals surface area contributed by atoms with E-state index < -0.39 is 6.10 Å². The largest absolute Gasteiger partial charge is 0.497 e. The van der Waals surface area contributed by atoms with Crippen molar-refractivity contribution in [1.82, 2.24) is 20.1 Å². The Morgan fingerprint density at radius 1 is 1.13 bits per heavy atom. The number of nitrogens with one attached hydrogen (secondary N) is 1. The number of nitrogens with zero attached hydrogens (tertiary/aromatic N) is 3. The third-order valence-corrected chi connectivity index (χ3v) is 5.43. The number of hydrogen-bond donors (Lipinski definition) is 2. The number of pyridine rings is 1. The van der Waals surface area contributed by atoms with Crippen molar-refractivity contribution in [2.24, 2.45) is 0 Å². The molecule has 3 rings (SSSR count). The summed E-state index contributed by atoms with van der Waals surface area (Å²) in [7, 11) is 3.78. The van der Waals surface area contributed by atoms with Crippen LogP contribution in [0.25, 0.3) is 0 Å². The molecule has 0 amide bonds. The summed E-state index contributed by atoms with van der Waals surface area (Å²) in [5.74, 6) is 1.50. The molecule has 7 heteroatoms. The van der Waals surface area contributed by atoms with E-state index in [0.717, 1.165) is 56.2 Å². The molecule has 7 nitrogen and oxygen atoms in total. The Morgan fingerprint density at radius 2 is 1.90 bits per heavy atom. The Bertz CT molecular complexity index is 751. The van der Waals surface area contributed by atoms with E-state index in [1.54, 1.807) is 7.11 Å². The van der Waals surface area contributed by atoms with Gasteiger partial charge in [0.1, 0.15) is 24.2 Å². The van der Waals surface area contributed by atoms with Crippen LogP contribution < -0.4 is 14.8 Å². The van der Waals surface area contributed by atoms with E-state index in [9.17, 15) is 5.11 Å². The number of piperazine rings is 1. The third kappa shape index (κ3) is 7.25. The van der Waals surface area contributed by atoms with E-state index in [0.29, 0.717) is 13.1 Å². The molecule has 2 N–H and O–H groups in total. The Kier molecular flexibility index (Phi) is 8.89. The molecule has 0 spiro atoms. The molecule has 2 heterocycles. The Labute approximate surface area is 179 Å². The summed E-state index contributed by atoms with van der Waals surface area (Å²) in [6.07, 6.45) is 4.06. The number of benzene rings is 1. The van der Waals surface area contributed by atoms with Gasteiger partial charge in [-0.25, -0.2) is 0 Å². The van der Waals surface area contributed by atoms with E-state index in [2.05, 4.69) is 27.1 Å². The van der Waals surface area contributed by atoms with Crippen molar-refractivity contribution in [3.05, 3.63) is 53.9 Å². The summed E-state index contributed by atoms with van der Waals surface area (Å²) in [5, 5.41) is 13.9. The van der Waals surface area contributed by atoms with Gasteiger partial charge in [-0.1, -0.05) is 6.07 Å². The number of aliphatic hydroxyl groups excluding tert-OH is 1. The first kappa shape index (κ1) is 22.5. The van der Waals surface area contributed by atoms with Crippen molar-refractivity contribution >= 4 is 0 Å². The molecule has 2 aromatic rings. The lowest BCUT2D eigenvalue weighted by molar-refractivity contribution is 0.0501. The summed E-state index contributed by atoms with van der Waals surface area (Å²) in [6.45, 7) is 6.51. The number of likely N-dealkylation sites (N-methyl/N-ethyl adjacent to an activating group) is 1. The lowest BCUT2D eigenvalue weighted by Gasteiger charge is -2.33. The highest BCUT2D eigenvalue weighted by atomic mass is 16.5. The highest BCUT2D eigenvalue weighted by molar-refractivity contribution is 5.40. The van der Waals surface area contributed by atoms with Gasteiger partial charge in [0.25, 0.3) is 0 Å². The van der Waals surface area contributed by atoms with E-state index in [1.807, 2.05) is 42.7 Å². The molecule has 0 saturated carbocycles. The van der Waals surface area contributed by atoms with Crippen LogP contribution in [0.1, 0.15) is 11.1 Å². The molecule has 1 aromatic heterocycles. The molecule has 1 aromatic carbocycles. The zero-order valence-corrected chi connectivity index (χ0v) is 18.1. The SMILES string of the molecule is COc1ccc(CNCCc2ccncc2)c(OCC(O)CN2CCN(C)CC2)c1. The molecule has 0 bridgehead atoms. The van der Waals surface area contributed by atoms with Crippen LogP contribution in [0, 0.1) is 0 Å². The fourth-order valence-electron chi connectivity index (χ4n) is 3.51. The van der Waals surface area contributed by atoms with Crippen molar-refractivity contribution in [3.8, 4) is 11.5 Å². The minimum absolute atomic E-state index is 0.267. The van der Waals surface area contributed by atoms with Crippen LogP contribution in [0.4, 0.5) is 0 Å². The van der Waals surface area contributed by atoms with E-state index in [4.69, 9.17) is 9.47 Å². The quantitative estimate of drug-likeness (QED) is 0.539. The fraction of sp³-hybridized carbons (Fsp3) is 0.522. The number of ether oxygens (including phenoxy) is 2. The summed E-state index contributed by atoms with van der Waals surface area (Å²) >= 11 is 0. The molecular weight excluding hydrogens is 380 g/mol. The van der Waals surface area contributed by atoms with Crippen LogP contribution in [0.3, 0.4) is 0 Å². The maximum Gasteiger partial charge on any atom is 0.127 e. The van der Waals surface area contributed by atoms with Crippen molar-refractivity contribution in [3.63, 3.8) is 0 Å². The van der Waals surface area contributed by atoms with Crippen LogP contribution in [-0.2, 0) is 13.0 Å². The lowest BCUT2D eigenvalue weighted by atomic mass is 10.1. The smallest absolute Gasteiger partial charge is 0.127 e. The van der Waals surface area contributed by atoms with Gasteiger partial charge >= 0.3 is 0 Å². The summed E-state index contributed by atoms with van der Waals surface area (Å²) in [6, 6.07) is 9.91. The first-order valence-corrected chi connectivity index (χ1v) is 10.6. The average Bonchev–Trinajstić information content (AvgIpc) is 2.78. The molecule has 1 aliphatic rings. The second-order valence-corrected chi connectivity index (χ2v) is 7.82. The third-order valence-electron chi connectivity index (χ3n) is 5.43. The zero-order valence-electron chi connectivity index (χ0n) is 18.1. The molecule has 0 radical (unpaired) electrons. The number of rotatable bonds is 11. The Morgan fingerprint density at radius 3 is 2.63 bits per heavy atom. The van der Waals surface area contributed by atoms with Crippen LogP contribution in [0.5, 0.6) is 11.5 Å². The number of aromatic nitrogens is 1. The Balaban J connectivity index is 1.48. The maximum atomic E-state index is 10.5. The van der Waals surface area contributed by atoms with Crippen molar-refractivity contribution in [2.75, 3.05) is 60.0 Å². The molecule has 1 atom stereocenters. The van der Waals surface area contributed by atoms with Crippen LogP contribution in [0.15, 0.2) is 42.7 Å². The molecule has 164 valence electrons. The van der Waals surface area contributed by atoms with Gasteiger partial charge in [-0.05, 0) is 43.8 Å². The standard InChI is InChI=1S/C23H34N4O3/c1-26-11-13-27(14-12-26)17-21(28)18-30-23-15-22(29-2)4-3-20(23)16-25-10-7-19-5-8-24-9-6-19/h3-6,8-9,15,21,25,28H,7,10-14,16-18H2,1-2H3. The Hall–Kier alpha value is -2.19. The molecule has 1 unspecified atom stereocenters. The lowest BCUT2D eigenvalue weighted by Crippen LogP contribution is -2.47. The van der Waals surface area contributed by atoms with Crippen molar-refractivity contribution in [2.45, 2.75) is 19.1 Å². The monoisotopic (exact) mass is 414 g/mol. The minimum Gasteiger partial charge on any atom is -0.497 e. The van der Waals surface area contributed by atoms with Gasteiger partial charge in [0.15, 0.2) is 0 Å². The van der Waals surface area contributed by atoms with Gasteiger partial charge in [-0.15, -0.1) is 0 Å². The van der Waals surface area contributed by atoms with Gasteiger partial charge in [0, 0.05) is 63.3 Å². The number of hydrogen-bond acceptors (Lipinski definition) is 7. The van der Waals surface area contributed by atoms with Crippen molar-refractivity contribution in [1.29, 1.82) is 0 Å². The van der Waals surface area contributed by atoms with E-state index >= 15 is 0 Å². The van der Waals surface area contributed by atoms with Gasteiger partial charge < -0.3 is 24.8 Å². The summed E-state index contributed by atoms with van der Waals surface area (Å²) < 4.78 is 11.4. The predicted octanol–water partition coefficient (Wildman–Crippen LogP) is 1.41. The topological polar surface area (TPSA) is 70.1 Å².